The third-order valence-corrected chi connectivity index (χ3v) is 5.25. The zero-order valence-electron chi connectivity index (χ0n) is 15.6. The first-order valence-electron chi connectivity index (χ1n) is 8.73. The van der Waals surface area contributed by atoms with Gasteiger partial charge in [-0.05, 0) is 43.0 Å². The smallest absolute Gasteiger partial charge is 0.234 e. The second-order valence-electron chi connectivity index (χ2n) is 6.38. The van der Waals surface area contributed by atoms with Crippen LogP contribution in [-0.2, 0) is 4.79 Å². The Kier molecular flexibility index (Phi) is 5.80. The lowest BCUT2D eigenvalue weighted by atomic mass is 9.99. The molecular weight excluding hydrogens is 362 g/mol. The van der Waals surface area contributed by atoms with Crippen molar-refractivity contribution in [2.24, 2.45) is 0 Å². The number of nitrogen functional groups attached to an aromatic ring is 1. The predicted molar refractivity (Wildman–Crippen MR) is 107 cm³/mol. The number of aromatic nitrogens is 5. The normalized spacial score (nSPS) is 12.1. The van der Waals surface area contributed by atoms with E-state index in [1.165, 1.54) is 22.0 Å². The molecule has 2 heterocycles. The van der Waals surface area contributed by atoms with Gasteiger partial charge in [-0.2, -0.15) is 5.10 Å². The SMILES string of the molecule is CCC(C)c1ccc(NC(=O)CSc2nnc(-c3cc(C)[nH]n3)n2N)cc1. The number of hydrogen-bond donors (Lipinski definition) is 3. The largest absolute Gasteiger partial charge is 0.335 e. The first-order chi connectivity index (χ1) is 13.0. The highest BCUT2D eigenvalue weighted by atomic mass is 32.2. The maximum atomic E-state index is 12.2. The summed E-state index contributed by atoms with van der Waals surface area (Å²) in [6.45, 7) is 6.24. The Labute approximate surface area is 161 Å². The molecule has 0 spiro atoms. The minimum absolute atomic E-state index is 0.128. The van der Waals surface area contributed by atoms with Gasteiger partial charge in [-0.1, -0.05) is 37.7 Å². The van der Waals surface area contributed by atoms with Crippen molar-refractivity contribution in [2.75, 3.05) is 16.9 Å². The van der Waals surface area contributed by atoms with E-state index in [1.807, 2.05) is 37.3 Å². The molecule has 4 N–H and O–H groups in total. The summed E-state index contributed by atoms with van der Waals surface area (Å²) in [6.07, 6.45) is 1.09. The average Bonchev–Trinajstić information content (AvgIpc) is 3.25. The monoisotopic (exact) mass is 385 g/mol. The van der Waals surface area contributed by atoms with Gasteiger partial charge in [0.05, 0.1) is 5.75 Å². The van der Waals surface area contributed by atoms with Gasteiger partial charge in [0.15, 0.2) is 0 Å². The second kappa shape index (κ2) is 8.26. The van der Waals surface area contributed by atoms with Crippen LogP contribution in [0.25, 0.3) is 11.5 Å². The molecule has 1 amide bonds. The van der Waals surface area contributed by atoms with Crippen molar-refractivity contribution in [3.63, 3.8) is 0 Å². The van der Waals surface area contributed by atoms with Crippen LogP contribution in [-0.4, -0.2) is 36.7 Å². The number of H-pyrrole nitrogens is 1. The number of nitrogens with two attached hydrogens (primary N) is 1. The number of carbonyl (C=O) groups excluding carboxylic acids is 1. The number of carbonyl (C=O) groups is 1. The number of nitrogens with zero attached hydrogens (tertiary/aromatic N) is 4. The van der Waals surface area contributed by atoms with Gasteiger partial charge in [0.25, 0.3) is 0 Å². The molecule has 3 rings (SSSR count). The van der Waals surface area contributed by atoms with E-state index < -0.39 is 0 Å². The van der Waals surface area contributed by atoms with Crippen LogP contribution in [0.2, 0.25) is 0 Å². The van der Waals surface area contributed by atoms with Crippen molar-refractivity contribution in [1.82, 2.24) is 25.1 Å². The molecule has 2 aromatic heterocycles. The zero-order valence-corrected chi connectivity index (χ0v) is 16.4. The van der Waals surface area contributed by atoms with Crippen LogP contribution < -0.4 is 11.2 Å². The van der Waals surface area contributed by atoms with Gasteiger partial charge in [0.1, 0.15) is 5.69 Å². The number of aryl methyl sites for hydroxylation is 1. The highest BCUT2D eigenvalue weighted by Gasteiger charge is 2.15. The molecule has 9 heteroatoms. The number of thioether (sulfide) groups is 1. The van der Waals surface area contributed by atoms with Crippen molar-refractivity contribution >= 4 is 23.4 Å². The summed E-state index contributed by atoms with van der Waals surface area (Å²) in [5.41, 5.74) is 3.55. The maximum Gasteiger partial charge on any atom is 0.234 e. The van der Waals surface area contributed by atoms with Crippen LogP contribution in [0.1, 0.15) is 37.4 Å². The number of benzene rings is 1. The number of rotatable bonds is 7. The highest BCUT2D eigenvalue weighted by molar-refractivity contribution is 7.99. The van der Waals surface area contributed by atoms with Crippen LogP contribution >= 0.6 is 11.8 Å². The molecule has 0 fully saturated rings. The van der Waals surface area contributed by atoms with Gasteiger partial charge < -0.3 is 11.2 Å². The molecule has 1 aromatic carbocycles. The van der Waals surface area contributed by atoms with Crippen molar-refractivity contribution in [3.05, 3.63) is 41.6 Å². The van der Waals surface area contributed by atoms with E-state index in [0.29, 0.717) is 22.6 Å². The van der Waals surface area contributed by atoms with Gasteiger partial charge in [-0.25, -0.2) is 4.68 Å². The fraction of sp³-hybridized carbons (Fsp3) is 0.333. The molecule has 0 saturated carbocycles. The van der Waals surface area contributed by atoms with E-state index in [4.69, 9.17) is 5.84 Å². The summed E-state index contributed by atoms with van der Waals surface area (Å²) in [5, 5.41) is 18.4. The van der Waals surface area contributed by atoms with Crippen LogP contribution in [0.4, 0.5) is 5.69 Å². The molecule has 8 nitrogen and oxygen atoms in total. The van der Waals surface area contributed by atoms with Gasteiger partial charge in [0, 0.05) is 11.4 Å². The third kappa shape index (κ3) is 4.48. The standard InChI is InChI=1S/C18H23N7OS/c1-4-11(2)13-5-7-14(8-6-13)20-16(26)10-27-18-24-23-17(25(18)19)15-9-12(3)21-22-15/h5-9,11H,4,10,19H2,1-3H3,(H,20,26)(H,21,22). The van der Waals surface area contributed by atoms with Crippen LogP contribution in [0, 0.1) is 6.92 Å². The molecule has 3 aromatic rings. The maximum absolute atomic E-state index is 12.2. The minimum atomic E-state index is -0.128. The predicted octanol–water partition coefficient (Wildman–Crippen LogP) is 2.93. The van der Waals surface area contributed by atoms with E-state index in [1.54, 1.807) is 0 Å². The van der Waals surface area contributed by atoms with E-state index in [-0.39, 0.29) is 11.7 Å². The van der Waals surface area contributed by atoms with Crippen molar-refractivity contribution < 1.29 is 4.79 Å². The summed E-state index contributed by atoms with van der Waals surface area (Å²) in [7, 11) is 0. The van der Waals surface area contributed by atoms with E-state index in [0.717, 1.165) is 17.8 Å². The topological polar surface area (TPSA) is 115 Å². The summed E-state index contributed by atoms with van der Waals surface area (Å²) in [5.74, 6) is 7.04. The molecule has 0 aliphatic carbocycles. The lowest BCUT2D eigenvalue weighted by Gasteiger charge is -2.10. The third-order valence-electron chi connectivity index (χ3n) is 4.31. The number of anilines is 1. The molecule has 0 saturated heterocycles. The van der Waals surface area contributed by atoms with Gasteiger partial charge in [-0.15, -0.1) is 10.2 Å². The molecule has 0 aliphatic rings. The Hall–Kier alpha value is -2.81. The average molecular weight is 385 g/mol. The van der Waals surface area contributed by atoms with Gasteiger partial charge in [-0.3, -0.25) is 9.89 Å². The minimum Gasteiger partial charge on any atom is -0.335 e. The first kappa shape index (κ1) is 19.0. The second-order valence-corrected chi connectivity index (χ2v) is 7.32. The van der Waals surface area contributed by atoms with Gasteiger partial charge in [0.2, 0.25) is 16.9 Å². The number of amides is 1. The van der Waals surface area contributed by atoms with Crippen molar-refractivity contribution in [2.45, 2.75) is 38.3 Å². The number of hydrogen-bond acceptors (Lipinski definition) is 6. The molecule has 27 heavy (non-hydrogen) atoms. The van der Waals surface area contributed by atoms with Crippen molar-refractivity contribution in [1.29, 1.82) is 0 Å². The van der Waals surface area contributed by atoms with Crippen LogP contribution in [0.3, 0.4) is 0 Å². The molecule has 1 atom stereocenters. The highest BCUT2D eigenvalue weighted by Crippen LogP contribution is 2.22. The quantitative estimate of drug-likeness (QED) is 0.425. The summed E-state index contributed by atoms with van der Waals surface area (Å²) < 4.78 is 1.34. The first-order valence-corrected chi connectivity index (χ1v) is 9.72. The fourth-order valence-corrected chi connectivity index (χ4v) is 3.20. The molecular formula is C18H23N7OS. The van der Waals surface area contributed by atoms with Gasteiger partial charge >= 0.3 is 0 Å². The Bertz CT molecular complexity index is 916. The Morgan fingerprint density at radius 3 is 2.70 bits per heavy atom. The van der Waals surface area contributed by atoms with Crippen LogP contribution in [0.5, 0.6) is 0 Å². The Balaban J connectivity index is 1.57. The molecule has 0 radical (unpaired) electrons. The Morgan fingerprint density at radius 2 is 2.07 bits per heavy atom. The fourth-order valence-electron chi connectivity index (χ4n) is 2.54. The summed E-state index contributed by atoms with van der Waals surface area (Å²) >= 11 is 1.22. The summed E-state index contributed by atoms with van der Waals surface area (Å²) in [6, 6.07) is 9.77. The molecule has 142 valence electrons. The van der Waals surface area contributed by atoms with Crippen LogP contribution in [0.15, 0.2) is 35.5 Å². The lowest BCUT2D eigenvalue weighted by Crippen LogP contribution is -2.16. The van der Waals surface area contributed by atoms with E-state index in [9.17, 15) is 4.79 Å². The lowest BCUT2D eigenvalue weighted by molar-refractivity contribution is -0.113. The molecule has 0 aliphatic heterocycles. The zero-order chi connectivity index (χ0) is 19.4. The number of aromatic amines is 1. The van der Waals surface area contributed by atoms with E-state index in [2.05, 4.69) is 39.6 Å². The van der Waals surface area contributed by atoms with E-state index >= 15 is 0 Å². The molecule has 0 bridgehead atoms. The number of nitrogens with one attached hydrogen (secondary N) is 2. The molecule has 1 unspecified atom stereocenters. The van der Waals surface area contributed by atoms with Crippen molar-refractivity contribution in [3.8, 4) is 11.5 Å². The Morgan fingerprint density at radius 1 is 1.33 bits per heavy atom. The summed E-state index contributed by atoms with van der Waals surface area (Å²) in [4.78, 5) is 12.2.